The minimum absolute atomic E-state index is 0.350. The van der Waals surface area contributed by atoms with Gasteiger partial charge in [0.1, 0.15) is 0 Å². The number of hydroxylamine groups is 2. The van der Waals surface area contributed by atoms with Crippen LogP contribution in [0.25, 0.3) is 0 Å². The minimum atomic E-state index is -0.768. The van der Waals surface area contributed by atoms with Crippen LogP contribution in [0.2, 0.25) is 0 Å². The second kappa shape index (κ2) is 8.81. The predicted octanol–water partition coefficient (Wildman–Crippen LogP) is 2.51. The van der Waals surface area contributed by atoms with Gasteiger partial charge in [0.05, 0.1) is 6.54 Å². The summed E-state index contributed by atoms with van der Waals surface area (Å²) in [5, 5.41) is 9.50. The van der Waals surface area contributed by atoms with E-state index in [2.05, 4.69) is 6.92 Å². The van der Waals surface area contributed by atoms with Crippen LogP contribution in [0, 0.1) is 0 Å². The van der Waals surface area contributed by atoms with E-state index in [-0.39, 0.29) is 0 Å². The Hall–Kier alpha value is -0.770. The second-order valence-electron chi connectivity index (χ2n) is 3.58. The molecule has 0 rings (SSSR count). The lowest BCUT2D eigenvalue weighted by atomic mass is 10.1. The lowest BCUT2D eigenvalue weighted by Gasteiger charge is -2.10. The highest BCUT2D eigenvalue weighted by atomic mass is 16.5. The van der Waals surface area contributed by atoms with Crippen LogP contribution in [-0.2, 0) is 0 Å². The molecule has 0 saturated heterocycles. The number of hydrogen-bond acceptors (Lipinski definition) is 2. The van der Waals surface area contributed by atoms with Crippen LogP contribution < -0.4 is 5.73 Å². The van der Waals surface area contributed by atoms with Gasteiger partial charge in [-0.15, -0.1) is 0 Å². The summed E-state index contributed by atoms with van der Waals surface area (Å²) >= 11 is 0. The molecule has 0 unspecified atom stereocenters. The van der Waals surface area contributed by atoms with Crippen molar-refractivity contribution >= 4 is 6.03 Å². The van der Waals surface area contributed by atoms with E-state index in [9.17, 15) is 4.79 Å². The summed E-state index contributed by atoms with van der Waals surface area (Å²) in [4.78, 5) is 10.4. The Morgan fingerprint density at radius 3 is 2.14 bits per heavy atom. The molecule has 0 aromatic carbocycles. The topological polar surface area (TPSA) is 66.6 Å². The zero-order valence-corrected chi connectivity index (χ0v) is 9.04. The fourth-order valence-electron chi connectivity index (χ4n) is 1.33. The summed E-state index contributed by atoms with van der Waals surface area (Å²) in [6, 6.07) is -0.768. The highest BCUT2D eigenvalue weighted by Crippen LogP contribution is 2.06. The van der Waals surface area contributed by atoms with E-state index in [4.69, 9.17) is 10.9 Å². The zero-order chi connectivity index (χ0) is 10.8. The average Bonchev–Trinajstić information content (AvgIpc) is 2.16. The van der Waals surface area contributed by atoms with E-state index in [1.54, 1.807) is 0 Å². The standard InChI is InChI=1S/C10H22N2O2/c1-2-3-4-5-6-7-8-9-12(14)10(11)13/h14H,2-9H2,1H3,(H2,11,13). The van der Waals surface area contributed by atoms with E-state index >= 15 is 0 Å². The Labute approximate surface area is 86.0 Å². The highest BCUT2D eigenvalue weighted by molar-refractivity contribution is 5.70. The molecule has 14 heavy (non-hydrogen) atoms. The van der Waals surface area contributed by atoms with Gasteiger partial charge in [0, 0.05) is 0 Å². The maximum Gasteiger partial charge on any atom is 0.338 e. The second-order valence-corrected chi connectivity index (χ2v) is 3.58. The number of nitrogens with two attached hydrogens (primary N) is 1. The van der Waals surface area contributed by atoms with Crippen LogP contribution >= 0.6 is 0 Å². The first-order valence-electron chi connectivity index (χ1n) is 5.44. The molecule has 0 saturated carbocycles. The molecule has 0 bridgehead atoms. The summed E-state index contributed by atoms with van der Waals surface area (Å²) < 4.78 is 0. The molecule has 4 heteroatoms. The van der Waals surface area contributed by atoms with E-state index in [0.29, 0.717) is 11.6 Å². The normalized spacial score (nSPS) is 10.1. The van der Waals surface area contributed by atoms with Gasteiger partial charge in [0.2, 0.25) is 0 Å². The fraction of sp³-hybridized carbons (Fsp3) is 0.900. The summed E-state index contributed by atoms with van der Waals surface area (Å²) in [6.07, 6.45) is 8.14. The van der Waals surface area contributed by atoms with Gasteiger partial charge in [0.15, 0.2) is 0 Å². The molecule has 0 aliphatic carbocycles. The third-order valence-electron chi connectivity index (χ3n) is 2.23. The smallest absolute Gasteiger partial charge is 0.338 e. The van der Waals surface area contributed by atoms with Gasteiger partial charge in [-0.1, -0.05) is 45.4 Å². The largest absolute Gasteiger partial charge is 0.350 e. The Morgan fingerprint density at radius 1 is 1.14 bits per heavy atom. The molecule has 0 aliphatic rings. The minimum Gasteiger partial charge on any atom is -0.350 e. The zero-order valence-electron chi connectivity index (χ0n) is 9.04. The number of carbonyl (C=O) groups is 1. The number of nitrogens with zero attached hydrogens (tertiary/aromatic N) is 1. The van der Waals surface area contributed by atoms with E-state index < -0.39 is 6.03 Å². The van der Waals surface area contributed by atoms with Crippen LogP contribution in [0.4, 0.5) is 4.79 Å². The lowest BCUT2D eigenvalue weighted by molar-refractivity contribution is -0.0403. The first-order chi connectivity index (χ1) is 6.68. The molecule has 84 valence electrons. The molecular formula is C10H22N2O2. The summed E-state index contributed by atoms with van der Waals surface area (Å²) in [5.74, 6) is 0. The Kier molecular flexibility index (Phi) is 8.33. The van der Waals surface area contributed by atoms with E-state index in [1.807, 2.05) is 0 Å². The Bertz CT molecular complexity index is 151. The van der Waals surface area contributed by atoms with Crippen molar-refractivity contribution in [3.8, 4) is 0 Å². The third kappa shape index (κ3) is 7.86. The molecule has 3 N–H and O–H groups in total. The maximum atomic E-state index is 10.4. The molecule has 4 nitrogen and oxygen atoms in total. The van der Waals surface area contributed by atoms with Gasteiger partial charge in [-0.25, -0.2) is 9.86 Å². The van der Waals surface area contributed by atoms with Gasteiger partial charge in [0.25, 0.3) is 0 Å². The van der Waals surface area contributed by atoms with Crippen molar-refractivity contribution in [3.63, 3.8) is 0 Å². The van der Waals surface area contributed by atoms with Crippen LogP contribution in [0.3, 0.4) is 0 Å². The molecular weight excluding hydrogens is 180 g/mol. The van der Waals surface area contributed by atoms with Crippen LogP contribution in [0.5, 0.6) is 0 Å². The molecule has 0 aromatic heterocycles. The first kappa shape index (κ1) is 13.2. The number of hydrogen-bond donors (Lipinski definition) is 2. The number of unbranched alkanes of at least 4 members (excludes halogenated alkanes) is 6. The fourth-order valence-corrected chi connectivity index (χ4v) is 1.33. The van der Waals surface area contributed by atoms with Gasteiger partial charge in [-0.2, -0.15) is 0 Å². The molecule has 0 fully saturated rings. The molecule has 0 aromatic rings. The van der Waals surface area contributed by atoms with Gasteiger partial charge < -0.3 is 5.73 Å². The van der Waals surface area contributed by atoms with Crippen molar-refractivity contribution in [1.29, 1.82) is 0 Å². The number of carbonyl (C=O) groups excluding carboxylic acids is 1. The van der Waals surface area contributed by atoms with Crippen molar-refractivity contribution < 1.29 is 10.0 Å². The quantitative estimate of drug-likeness (QED) is 0.361. The van der Waals surface area contributed by atoms with Crippen LogP contribution in [0.15, 0.2) is 0 Å². The number of primary amides is 1. The van der Waals surface area contributed by atoms with Crippen molar-refractivity contribution in [3.05, 3.63) is 0 Å². The highest BCUT2D eigenvalue weighted by Gasteiger charge is 2.03. The molecule has 0 spiro atoms. The van der Waals surface area contributed by atoms with E-state index in [1.165, 1.54) is 32.1 Å². The van der Waals surface area contributed by atoms with Crippen molar-refractivity contribution in [1.82, 2.24) is 5.06 Å². The van der Waals surface area contributed by atoms with E-state index in [0.717, 1.165) is 12.8 Å². The summed E-state index contributed by atoms with van der Waals surface area (Å²) in [6.45, 7) is 2.54. The van der Waals surface area contributed by atoms with Crippen molar-refractivity contribution in [2.75, 3.05) is 6.54 Å². The molecule has 0 atom stereocenters. The summed E-state index contributed by atoms with van der Waals surface area (Å²) in [7, 11) is 0. The Morgan fingerprint density at radius 2 is 1.64 bits per heavy atom. The third-order valence-corrected chi connectivity index (χ3v) is 2.23. The lowest BCUT2D eigenvalue weighted by Crippen LogP contribution is -2.33. The van der Waals surface area contributed by atoms with Gasteiger partial charge in [-0.3, -0.25) is 5.21 Å². The molecule has 2 amide bonds. The first-order valence-corrected chi connectivity index (χ1v) is 5.44. The van der Waals surface area contributed by atoms with Crippen LogP contribution in [-0.4, -0.2) is 22.8 Å². The summed E-state index contributed by atoms with van der Waals surface area (Å²) in [5.41, 5.74) is 4.85. The molecule has 0 radical (unpaired) electrons. The molecule has 0 heterocycles. The average molecular weight is 202 g/mol. The SMILES string of the molecule is CCCCCCCCCN(O)C(N)=O. The van der Waals surface area contributed by atoms with Gasteiger partial charge >= 0.3 is 6.03 Å². The van der Waals surface area contributed by atoms with Gasteiger partial charge in [-0.05, 0) is 6.42 Å². The number of rotatable bonds is 8. The molecule has 0 aliphatic heterocycles. The van der Waals surface area contributed by atoms with Crippen molar-refractivity contribution in [2.24, 2.45) is 5.73 Å². The van der Waals surface area contributed by atoms with Crippen molar-refractivity contribution in [2.45, 2.75) is 51.9 Å². The predicted molar refractivity (Wildman–Crippen MR) is 56.1 cm³/mol. The number of amides is 2. The maximum absolute atomic E-state index is 10.4. The Balaban J connectivity index is 3.09. The number of urea groups is 1. The monoisotopic (exact) mass is 202 g/mol. The van der Waals surface area contributed by atoms with Crippen LogP contribution in [0.1, 0.15) is 51.9 Å².